The average Bonchev–Trinajstić information content (AvgIpc) is 2.83. The molecule has 132 valence electrons. The molecular formula is C18H26N2O3S. The molecule has 1 aromatic carbocycles. The van der Waals surface area contributed by atoms with Gasteiger partial charge in [0, 0.05) is 24.7 Å². The van der Waals surface area contributed by atoms with Crippen LogP contribution in [0, 0.1) is 0 Å². The number of benzene rings is 1. The number of nitrogens with zero attached hydrogens (tertiary/aromatic N) is 1. The lowest BCUT2D eigenvalue weighted by Crippen LogP contribution is -2.34. The maximum atomic E-state index is 12.7. The normalized spacial score (nSPS) is 19.1. The Kier molecular flexibility index (Phi) is 5.25. The number of hydrogen-bond acceptors (Lipinski definition) is 3. The summed E-state index contributed by atoms with van der Waals surface area (Å²) in [6.45, 7) is 2.48. The molecule has 0 saturated heterocycles. The Morgan fingerprint density at radius 3 is 2.58 bits per heavy atom. The number of carbonyl (C=O) groups is 1. The van der Waals surface area contributed by atoms with Crippen LogP contribution in [0.3, 0.4) is 0 Å². The Morgan fingerprint density at radius 1 is 1.21 bits per heavy atom. The predicted octanol–water partition coefficient (Wildman–Crippen LogP) is 2.99. The van der Waals surface area contributed by atoms with E-state index >= 15 is 0 Å². The van der Waals surface area contributed by atoms with Gasteiger partial charge in [-0.2, -0.15) is 0 Å². The van der Waals surface area contributed by atoms with Crippen molar-refractivity contribution in [2.75, 3.05) is 11.4 Å². The maximum absolute atomic E-state index is 12.7. The van der Waals surface area contributed by atoms with Crippen molar-refractivity contribution >= 4 is 21.6 Å². The first-order valence-electron chi connectivity index (χ1n) is 8.97. The highest BCUT2D eigenvalue weighted by Crippen LogP contribution is 2.31. The fourth-order valence-electron chi connectivity index (χ4n) is 3.68. The van der Waals surface area contributed by atoms with Crippen molar-refractivity contribution in [1.29, 1.82) is 0 Å². The van der Waals surface area contributed by atoms with E-state index < -0.39 is 10.0 Å². The summed E-state index contributed by atoms with van der Waals surface area (Å²) < 4.78 is 28.3. The first-order chi connectivity index (χ1) is 11.5. The van der Waals surface area contributed by atoms with E-state index in [1.807, 2.05) is 6.92 Å². The number of nitrogens with one attached hydrogen (secondary N) is 1. The molecule has 2 aliphatic rings. The SMILES string of the molecule is CCC(=O)N1CCc2cc(S(=O)(=O)NC3CCCCCC3)ccc21. The minimum atomic E-state index is -3.49. The molecule has 5 nitrogen and oxygen atoms in total. The van der Waals surface area contributed by atoms with Crippen LogP contribution in [0.25, 0.3) is 0 Å². The van der Waals surface area contributed by atoms with Crippen LogP contribution in [-0.4, -0.2) is 26.9 Å². The van der Waals surface area contributed by atoms with Gasteiger partial charge in [-0.15, -0.1) is 0 Å². The van der Waals surface area contributed by atoms with Crippen molar-refractivity contribution in [2.24, 2.45) is 0 Å². The maximum Gasteiger partial charge on any atom is 0.240 e. The van der Waals surface area contributed by atoms with Gasteiger partial charge in [0.25, 0.3) is 0 Å². The molecule has 0 spiro atoms. The lowest BCUT2D eigenvalue weighted by atomic mass is 10.1. The molecule has 1 amide bonds. The standard InChI is InChI=1S/C18H26N2O3S/c1-2-18(21)20-12-11-14-13-16(9-10-17(14)20)24(22,23)19-15-7-5-3-4-6-8-15/h9-10,13,15,19H,2-8,11-12H2,1H3. The van der Waals surface area contributed by atoms with Crippen LogP contribution in [0.5, 0.6) is 0 Å². The average molecular weight is 350 g/mol. The van der Waals surface area contributed by atoms with E-state index in [0.29, 0.717) is 24.3 Å². The fourth-order valence-corrected chi connectivity index (χ4v) is 5.04. The minimum Gasteiger partial charge on any atom is -0.312 e. The van der Waals surface area contributed by atoms with Crippen molar-refractivity contribution in [3.63, 3.8) is 0 Å². The highest BCUT2D eigenvalue weighted by atomic mass is 32.2. The molecule has 0 bridgehead atoms. The summed E-state index contributed by atoms with van der Waals surface area (Å²) >= 11 is 0. The number of hydrogen-bond donors (Lipinski definition) is 1. The van der Waals surface area contributed by atoms with E-state index in [2.05, 4.69) is 4.72 Å². The summed E-state index contributed by atoms with van der Waals surface area (Å²) in [7, 11) is -3.49. The topological polar surface area (TPSA) is 66.5 Å². The van der Waals surface area contributed by atoms with Crippen molar-refractivity contribution < 1.29 is 13.2 Å². The smallest absolute Gasteiger partial charge is 0.240 e. The van der Waals surface area contributed by atoms with Gasteiger partial charge >= 0.3 is 0 Å². The molecule has 24 heavy (non-hydrogen) atoms. The van der Waals surface area contributed by atoms with Crippen LogP contribution >= 0.6 is 0 Å². The first kappa shape index (κ1) is 17.4. The third kappa shape index (κ3) is 3.64. The lowest BCUT2D eigenvalue weighted by molar-refractivity contribution is -0.118. The van der Waals surface area contributed by atoms with Gasteiger partial charge in [0.1, 0.15) is 0 Å². The monoisotopic (exact) mass is 350 g/mol. The van der Waals surface area contributed by atoms with Crippen LogP contribution < -0.4 is 9.62 Å². The molecule has 1 N–H and O–H groups in total. The van der Waals surface area contributed by atoms with Crippen LogP contribution in [0.15, 0.2) is 23.1 Å². The molecule has 6 heteroatoms. The summed E-state index contributed by atoms with van der Waals surface area (Å²) in [4.78, 5) is 14.0. The van der Waals surface area contributed by atoms with E-state index in [4.69, 9.17) is 0 Å². The number of anilines is 1. The molecule has 3 rings (SSSR count). The molecule has 0 radical (unpaired) electrons. The number of fused-ring (bicyclic) bond motifs is 1. The summed E-state index contributed by atoms with van der Waals surface area (Å²) in [5.74, 6) is 0.0842. The zero-order valence-corrected chi connectivity index (χ0v) is 15.1. The van der Waals surface area contributed by atoms with E-state index in [1.165, 1.54) is 12.8 Å². The number of amides is 1. The second-order valence-electron chi connectivity index (χ2n) is 6.75. The molecule has 1 aliphatic carbocycles. The molecule has 0 unspecified atom stereocenters. The molecule has 1 fully saturated rings. The van der Waals surface area contributed by atoms with Crippen molar-refractivity contribution in [1.82, 2.24) is 4.72 Å². The van der Waals surface area contributed by atoms with Crippen LogP contribution in [0.4, 0.5) is 5.69 Å². The van der Waals surface area contributed by atoms with E-state index in [0.717, 1.165) is 36.9 Å². The van der Waals surface area contributed by atoms with E-state index in [1.54, 1.807) is 23.1 Å². The molecule has 1 saturated carbocycles. The minimum absolute atomic E-state index is 0.0453. The quantitative estimate of drug-likeness (QED) is 0.849. The van der Waals surface area contributed by atoms with Gasteiger partial charge in [-0.3, -0.25) is 4.79 Å². The Bertz CT molecular complexity index is 707. The van der Waals surface area contributed by atoms with Gasteiger partial charge in [0.2, 0.25) is 15.9 Å². The Labute approximate surface area is 144 Å². The van der Waals surface area contributed by atoms with Crippen molar-refractivity contribution in [3.05, 3.63) is 23.8 Å². The van der Waals surface area contributed by atoms with Crippen LogP contribution in [-0.2, 0) is 21.2 Å². The van der Waals surface area contributed by atoms with Gasteiger partial charge < -0.3 is 4.90 Å². The lowest BCUT2D eigenvalue weighted by Gasteiger charge is -2.18. The number of sulfonamides is 1. The summed E-state index contributed by atoms with van der Waals surface area (Å²) in [6, 6.07) is 5.18. The molecular weight excluding hydrogens is 324 g/mol. The molecule has 0 aromatic heterocycles. The second-order valence-corrected chi connectivity index (χ2v) is 8.46. The first-order valence-corrected chi connectivity index (χ1v) is 10.4. The summed E-state index contributed by atoms with van der Waals surface area (Å²) in [6.07, 6.45) is 7.58. The number of rotatable bonds is 4. The van der Waals surface area contributed by atoms with E-state index in [-0.39, 0.29) is 11.9 Å². The van der Waals surface area contributed by atoms with Crippen molar-refractivity contribution in [2.45, 2.75) is 69.2 Å². The van der Waals surface area contributed by atoms with Gasteiger partial charge in [-0.1, -0.05) is 32.6 Å². The summed E-state index contributed by atoms with van der Waals surface area (Å²) in [5.41, 5.74) is 1.80. The van der Waals surface area contributed by atoms with E-state index in [9.17, 15) is 13.2 Å². The molecule has 1 aliphatic heterocycles. The van der Waals surface area contributed by atoms with Crippen molar-refractivity contribution in [3.8, 4) is 0 Å². The predicted molar refractivity (Wildman–Crippen MR) is 94.6 cm³/mol. The van der Waals surface area contributed by atoms with Gasteiger partial charge in [-0.05, 0) is 43.0 Å². The molecule has 1 aromatic rings. The van der Waals surface area contributed by atoms with Gasteiger partial charge in [0.05, 0.1) is 4.90 Å². The second kappa shape index (κ2) is 7.23. The Balaban J connectivity index is 1.78. The highest BCUT2D eigenvalue weighted by molar-refractivity contribution is 7.89. The fraction of sp³-hybridized carbons (Fsp3) is 0.611. The highest BCUT2D eigenvalue weighted by Gasteiger charge is 2.27. The van der Waals surface area contributed by atoms with Crippen LogP contribution in [0.2, 0.25) is 0 Å². The third-order valence-corrected chi connectivity index (χ3v) is 6.56. The largest absolute Gasteiger partial charge is 0.312 e. The third-order valence-electron chi connectivity index (χ3n) is 5.04. The number of carbonyl (C=O) groups excluding carboxylic acids is 1. The molecule has 0 atom stereocenters. The van der Waals surface area contributed by atoms with Gasteiger partial charge in [0.15, 0.2) is 0 Å². The summed E-state index contributed by atoms with van der Waals surface area (Å²) in [5, 5.41) is 0. The Hall–Kier alpha value is -1.40. The Morgan fingerprint density at radius 2 is 1.92 bits per heavy atom. The van der Waals surface area contributed by atoms with Gasteiger partial charge in [-0.25, -0.2) is 13.1 Å². The zero-order valence-electron chi connectivity index (χ0n) is 14.3. The van der Waals surface area contributed by atoms with Crippen LogP contribution in [0.1, 0.15) is 57.4 Å². The molecule has 1 heterocycles. The zero-order chi connectivity index (χ0) is 17.2.